The van der Waals surface area contributed by atoms with E-state index in [1.807, 2.05) is 51.1 Å². The largest absolute Gasteiger partial charge is 0.480 e. The zero-order chi connectivity index (χ0) is 25.3. The van der Waals surface area contributed by atoms with Crippen LogP contribution < -0.4 is 5.32 Å². The van der Waals surface area contributed by atoms with Crippen LogP contribution in [0.25, 0.3) is 0 Å². The Hall–Kier alpha value is -2.83. The van der Waals surface area contributed by atoms with Crippen molar-refractivity contribution in [1.82, 2.24) is 4.90 Å². The summed E-state index contributed by atoms with van der Waals surface area (Å²) in [7, 11) is 0. The molecular weight excluding hydrogens is 475 g/mol. The molecular formula is C26H30Cl2N2O4. The van der Waals surface area contributed by atoms with Crippen molar-refractivity contribution in [3.63, 3.8) is 0 Å². The number of aryl methyl sites for hydroxylation is 1. The molecule has 2 N–H and O–H groups in total. The first-order valence-electron chi connectivity index (χ1n) is 11.1. The highest BCUT2D eigenvalue weighted by Gasteiger charge is 2.41. The van der Waals surface area contributed by atoms with Crippen molar-refractivity contribution < 1.29 is 19.5 Å². The second-order valence-electron chi connectivity index (χ2n) is 8.02. The van der Waals surface area contributed by atoms with Gasteiger partial charge in [0.1, 0.15) is 6.54 Å². The summed E-state index contributed by atoms with van der Waals surface area (Å²) in [6.45, 7) is 5.37. The van der Waals surface area contributed by atoms with Crippen LogP contribution in [0.2, 0.25) is 10.0 Å². The van der Waals surface area contributed by atoms with Crippen molar-refractivity contribution in [1.29, 1.82) is 0 Å². The number of hydrogen-bond donors (Lipinski definition) is 2. The molecule has 34 heavy (non-hydrogen) atoms. The number of allylic oxidation sites excluding steroid dienone is 1. The van der Waals surface area contributed by atoms with E-state index in [-0.39, 0.29) is 18.2 Å². The summed E-state index contributed by atoms with van der Waals surface area (Å²) in [6, 6.07) is 14.0. The van der Waals surface area contributed by atoms with Crippen molar-refractivity contribution in [2.75, 3.05) is 11.9 Å². The summed E-state index contributed by atoms with van der Waals surface area (Å²) >= 11 is 11.6. The molecule has 0 spiro atoms. The predicted molar refractivity (Wildman–Crippen MR) is 136 cm³/mol. The zero-order valence-electron chi connectivity index (χ0n) is 19.6. The van der Waals surface area contributed by atoms with Crippen molar-refractivity contribution in [2.24, 2.45) is 5.92 Å². The van der Waals surface area contributed by atoms with E-state index in [1.54, 1.807) is 24.3 Å². The number of nitrogens with zero attached hydrogens (tertiary/aromatic N) is 1. The molecule has 1 fully saturated rings. The lowest BCUT2D eigenvalue weighted by molar-refractivity contribution is -0.150. The number of amides is 2. The van der Waals surface area contributed by atoms with E-state index in [1.165, 1.54) is 10.5 Å². The first-order valence-corrected chi connectivity index (χ1v) is 11.9. The predicted octanol–water partition coefficient (Wildman–Crippen LogP) is 5.98. The van der Waals surface area contributed by atoms with Crippen LogP contribution in [0.5, 0.6) is 0 Å². The van der Waals surface area contributed by atoms with E-state index in [0.29, 0.717) is 23.6 Å². The quantitative estimate of drug-likeness (QED) is 0.474. The van der Waals surface area contributed by atoms with Gasteiger partial charge >= 0.3 is 5.97 Å². The third kappa shape index (κ3) is 7.89. The summed E-state index contributed by atoms with van der Waals surface area (Å²) in [6.07, 6.45) is 3.02. The lowest BCUT2D eigenvalue weighted by Crippen LogP contribution is -2.54. The summed E-state index contributed by atoms with van der Waals surface area (Å²) in [5.41, 5.74) is 2.66. The maximum absolute atomic E-state index is 12.9. The van der Waals surface area contributed by atoms with Crippen LogP contribution in [0.1, 0.15) is 38.7 Å². The average molecular weight is 505 g/mol. The first kappa shape index (κ1) is 27.4. The van der Waals surface area contributed by atoms with Gasteiger partial charge in [-0.3, -0.25) is 14.4 Å². The lowest BCUT2D eigenvalue weighted by atomic mass is 9.82. The summed E-state index contributed by atoms with van der Waals surface area (Å²) < 4.78 is 0. The first-order chi connectivity index (χ1) is 16.2. The van der Waals surface area contributed by atoms with Gasteiger partial charge in [-0.2, -0.15) is 0 Å². The second kappa shape index (κ2) is 13.2. The summed E-state index contributed by atoms with van der Waals surface area (Å²) in [5, 5.41) is 13.3. The number of anilines is 1. The van der Waals surface area contributed by atoms with Gasteiger partial charge in [0.2, 0.25) is 11.8 Å². The Labute approximate surface area is 210 Å². The number of nitrogens with one attached hydrogen (secondary N) is 1. The van der Waals surface area contributed by atoms with E-state index in [9.17, 15) is 19.5 Å². The van der Waals surface area contributed by atoms with Gasteiger partial charge in [-0.25, -0.2) is 0 Å². The van der Waals surface area contributed by atoms with Gasteiger partial charge in [-0.15, -0.1) is 0 Å². The maximum atomic E-state index is 12.9. The molecule has 1 heterocycles. The molecule has 1 unspecified atom stereocenters. The molecule has 2 atom stereocenters. The van der Waals surface area contributed by atoms with Crippen LogP contribution in [-0.2, 0) is 14.4 Å². The lowest BCUT2D eigenvalue weighted by Gasteiger charge is -2.41. The Kier molecular flexibility index (Phi) is 10.6. The summed E-state index contributed by atoms with van der Waals surface area (Å²) in [4.78, 5) is 37.8. The van der Waals surface area contributed by atoms with E-state index in [4.69, 9.17) is 23.2 Å². The van der Waals surface area contributed by atoms with Crippen LogP contribution >= 0.6 is 23.2 Å². The molecule has 3 rings (SSSR count). The Morgan fingerprint density at radius 2 is 1.79 bits per heavy atom. The number of carboxylic acid groups (broad SMARTS) is 1. The Morgan fingerprint density at radius 1 is 1.15 bits per heavy atom. The van der Waals surface area contributed by atoms with Crippen LogP contribution in [-0.4, -0.2) is 40.4 Å². The molecule has 6 nitrogen and oxygen atoms in total. The van der Waals surface area contributed by atoms with Gasteiger partial charge < -0.3 is 15.3 Å². The van der Waals surface area contributed by atoms with Crippen molar-refractivity contribution in [3.05, 3.63) is 75.8 Å². The molecule has 0 bridgehead atoms. The van der Waals surface area contributed by atoms with E-state index in [2.05, 4.69) is 5.32 Å². The van der Waals surface area contributed by atoms with Gasteiger partial charge in [-0.05, 0) is 62.6 Å². The van der Waals surface area contributed by atoms with Gasteiger partial charge in [0.15, 0.2) is 0 Å². The standard InChI is InChI=1S/C19H23ClN2O4.C7H7Cl/c1-3-12(4-2)18-15(8-9-16(23)22(18)11-17(24)25)19(26)21-14-7-5-6-13(20)10-14;1-6-3-2-4-7(8)5-6/h3,5-7,10,15,18H,4,8-9,11H2,1-2H3,(H,21,26)(H,24,25);2-5H,1H3/b12-3+;/t15?,18-;/m1./s1. The topological polar surface area (TPSA) is 86.7 Å². The van der Waals surface area contributed by atoms with E-state index in [0.717, 1.165) is 10.6 Å². The number of carbonyl (C=O) groups excluding carboxylic acids is 2. The molecule has 1 saturated heterocycles. The Morgan fingerprint density at radius 3 is 2.29 bits per heavy atom. The van der Waals surface area contributed by atoms with Gasteiger partial charge in [-0.1, -0.05) is 60.0 Å². The van der Waals surface area contributed by atoms with E-state index < -0.39 is 24.5 Å². The molecule has 0 aliphatic carbocycles. The number of likely N-dealkylation sites (tertiary alicyclic amines) is 1. The molecule has 8 heteroatoms. The number of carbonyl (C=O) groups is 3. The SMILES string of the molecule is C/C=C(\CC)[C@@H]1C(C(=O)Nc2cccc(Cl)c2)CCC(=O)N1CC(=O)O.Cc1cccc(Cl)c1. The Balaban J connectivity index is 0.000000430. The molecule has 2 aromatic rings. The van der Waals surface area contributed by atoms with E-state index >= 15 is 0 Å². The van der Waals surface area contributed by atoms with Crippen LogP contribution in [0.4, 0.5) is 5.69 Å². The highest BCUT2D eigenvalue weighted by molar-refractivity contribution is 6.31. The minimum Gasteiger partial charge on any atom is -0.480 e. The fraction of sp³-hybridized carbons (Fsp3) is 0.346. The highest BCUT2D eigenvalue weighted by atomic mass is 35.5. The number of aliphatic carboxylic acids is 1. The minimum atomic E-state index is -1.09. The number of hydrogen-bond acceptors (Lipinski definition) is 3. The van der Waals surface area contributed by atoms with Crippen molar-refractivity contribution in [3.8, 4) is 0 Å². The monoisotopic (exact) mass is 504 g/mol. The molecule has 0 saturated carbocycles. The molecule has 1 aliphatic rings. The molecule has 0 radical (unpaired) electrons. The molecule has 182 valence electrons. The van der Waals surface area contributed by atoms with Crippen LogP contribution in [0, 0.1) is 12.8 Å². The number of carboxylic acids is 1. The average Bonchev–Trinajstić information content (AvgIpc) is 2.77. The fourth-order valence-corrected chi connectivity index (χ4v) is 4.44. The van der Waals surface area contributed by atoms with Gasteiger partial charge in [0.25, 0.3) is 0 Å². The maximum Gasteiger partial charge on any atom is 0.323 e. The minimum absolute atomic E-state index is 0.151. The van der Waals surface area contributed by atoms with Gasteiger partial charge in [0, 0.05) is 22.2 Å². The molecule has 0 aromatic heterocycles. The highest BCUT2D eigenvalue weighted by Crippen LogP contribution is 2.32. The normalized spacial score (nSPS) is 18.1. The number of rotatable bonds is 6. The number of benzene rings is 2. The zero-order valence-corrected chi connectivity index (χ0v) is 21.1. The van der Waals surface area contributed by atoms with Crippen molar-refractivity contribution >= 4 is 46.7 Å². The van der Waals surface area contributed by atoms with Crippen LogP contribution in [0.15, 0.2) is 60.2 Å². The Bertz CT molecular complexity index is 1040. The third-order valence-electron chi connectivity index (χ3n) is 5.58. The van der Waals surface area contributed by atoms with Crippen LogP contribution in [0.3, 0.4) is 0 Å². The smallest absolute Gasteiger partial charge is 0.323 e. The fourth-order valence-electron chi connectivity index (χ4n) is 4.01. The molecule has 2 aromatic carbocycles. The van der Waals surface area contributed by atoms with Crippen molar-refractivity contribution in [2.45, 2.75) is 46.1 Å². The number of halogens is 2. The molecule has 1 aliphatic heterocycles. The molecule has 2 amide bonds. The summed E-state index contributed by atoms with van der Waals surface area (Å²) in [5.74, 6) is -2.09. The number of piperidine rings is 1. The van der Waals surface area contributed by atoms with Gasteiger partial charge in [0.05, 0.1) is 12.0 Å². The third-order valence-corrected chi connectivity index (χ3v) is 6.05. The second-order valence-corrected chi connectivity index (χ2v) is 8.89.